The minimum absolute atomic E-state index is 0.0305. The Morgan fingerprint density at radius 3 is 2.79 bits per heavy atom. The highest BCUT2D eigenvalue weighted by Crippen LogP contribution is 2.20. The lowest BCUT2D eigenvalue weighted by molar-refractivity contribution is 0.452. The molecule has 0 radical (unpaired) electrons. The van der Waals surface area contributed by atoms with Gasteiger partial charge in [0.2, 0.25) is 11.0 Å². The number of thioether (sulfide) groups is 1. The van der Waals surface area contributed by atoms with Crippen molar-refractivity contribution in [2.75, 3.05) is 0 Å². The summed E-state index contributed by atoms with van der Waals surface area (Å²) >= 11 is 1.55. The first-order valence-corrected chi connectivity index (χ1v) is 6.81. The van der Waals surface area contributed by atoms with Gasteiger partial charge in [0.05, 0.1) is 0 Å². The van der Waals surface area contributed by atoms with Gasteiger partial charge in [-0.2, -0.15) is 9.97 Å². The van der Waals surface area contributed by atoms with Crippen LogP contribution in [0.3, 0.4) is 0 Å². The number of nitrogens with zero attached hydrogens (tertiary/aromatic N) is 4. The molecule has 0 saturated heterocycles. The van der Waals surface area contributed by atoms with Crippen LogP contribution in [0.5, 0.6) is 5.88 Å². The Morgan fingerprint density at radius 1 is 1.21 bits per heavy atom. The Morgan fingerprint density at radius 2 is 2.00 bits per heavy atom. The van der Waals surface area contributed by atoms with E-state index in [4.69, 9.17) is 0 Å². The largest absolute Gasteiger partial charge is 0.493 e. The smallest absolute Gasteiger partial charge is 0.256 e. The van der Waals surface area contributed by atoms with E-state index in [1.54, 1.807) is 22.3 Å². The van der Waals surface area contributed by atoms with Gasteiger partial charge >= 0.3 is 0 Å². The number of rotatable bonds is 3. The van der Waals surface area contributed by atoms with Crippen molar-refractivity contribution in [3.63, 3.8) is 0 Å². The second kappa shape index (κ2) is 4.89. The molecule has 2 aromatic heterocycles. The molecule has 19 heavy (non-hydrogen) atoms. The van der Waals surface area contributed by atoms with E-state index >= 15 is 0 Å². The average molecular weight is 272 g/mol. The van der Waals surface area contributed by atoms with Gasteiger partial charge in [-0.1, -0.05) is 42.1 Å². The summed E-state index contributed by atoms with van der Waals surface area (Å²) < 4.78 is 1.63. The van der Waals surface area contributed by atoms with Gasteiger partial charge in [-0.25, -0.2) is 4.52 Å². The maximum absolute atomic E-state index is 9.43. The van der Waals surface area contributed by atoms with Crippen LogP contribution >= 0.6 is 11.8 Å². The van der Waals surface area contributed by atoms with Crippen molar-refractivity contribution in [3.05, 3.63) is 47.7 Å². The Hall–Kier alpha value is -2.08. The van der Waals surface area contributed by atoms with Crippen LogP contribution in [0.25, 0.3) is 5.78 Å². The van der Waals surface area contributed by atoms with E-state index in [1.165, 1.54) is 5.56 Å². The summed E-state index contributed by atoms with van der Waals surface area (Å²) in [7, 11) is 0. The third-order valence-electron chi connectivity index (χ3n) is 2.67. The number of hydrogen-bond donors (Lipinski definition) is 1. The van der Waals surface area contributed by atoms with Gasteiger partial charge < -0.3 is 5.11 Å². The van der Waals surface area contributed by atoms with Crippen LogP contribution in [0, 0.1) is 6.92 Å². The van der Waals surface area contributed by atoms with E-state index in [2.05, 4.69) is 27.2 Å². The van der Waals surface area contributed by atoms with Crippen molar-refractivity contribution < 1.29 is 5.11 Å². The van der Waals surface area contributed by atoms with Crippen LogP contribution < -0.4 is 0 Å². The molecule has 1 aromatic carbocycles. The van der Waals surface area contributed by atoms with E-state index in [0.29, 0.717) is 10.9 Å². The van der Waals surface area contributed by atoms with Crippen LogP contribution in [-0.2, 0) is 5.75 Å². The summed E-state index contributed by atoms with van der Waals surface area (Å²) in [5.41, 5.74) is 2.03. The zero-order valence-electron chi connectivity index (χ0n) is 10.3. The monoisotopic (exact) mass is 272 g/mol. The Balaban J connectivity index is 1.84. The molecule has 0 aliphatic carbocycles. The summed E-state index contributed by atoms with van der Waals surface area (Å²) in [4.78, 5) is 8.24. The van der Waals surface area contributed by atoms with Gasteiger partial charge in [0.25, 0.3) is 5.78 Å². The third-order valence-corrected chi connectivity index (χ3v) is 3.58. The molecule has 3 rings (SSSR count). The first-order chi connectivity index (χ1) is 9.22. The minimum Gasteiger partial charge on any atom is -0.493 e. The zero-order valence-corrected chi connectivity index (χ0v) is 11.1. The van der Waals surface area contributed by atoms with Crippen LogP contribution in [0.1, 0.15) is 11.3 Å². The fourth-order valence-corrected chi connectivity index (χ4v) is 2.53. The van der Waals surface area contributed by atoms with E-state index in [9.17, 15) is 5.11 Å². The molecule has 0 saturated carbocycles. The van der Waals surface area contributed by atoms with Crippen LogP contribution in [0.4, 0.5) is 0 Å². The first-order valence-electron chi connectivity index (χ1n) is 5.82. The molecule has 0 aliphatic rings. The van der Waals surface area contributed by atoms with Gasteiger partial charge in [0.15, 0.2) is 0 Å². The van der Waals surface area contributed by atoms with E-state index in [-0.39, 0.29) is 5.88 Å². The lowest BCUT2D eigenvalue weighted by Crippen LogP contribution is -1.95. The molecule has 1 N–H and O–H groups in total. The number of aromatic hydroxyl groups is 1. The average Bonchev–Trinajstić information content (AvgIpc) is 2.81. The minimum atomic E-state index is -0.0305. The highest BCUT2D eigenvalue weighted by atomic mass is 32.2. The molecule has 0 fully saturated rings. The molecule has 96 valence electrons. The van der Waals surface area contributed by atoms with Crippen molar-refractivity contribution in [2.24, 2.45) is 0 Å². The number of aromatic nitrogens is 4. The second-order valence-electron chi connectivity index (χ2n) is 4.14. The fraction of sp³-hybridized carbons (Fsp3) is 0.154. The van der Waals surface area contributed by atoms with Crippen LogP contribution in [-0.4, -0.2) is 24.7 Å². The summed E-state index contributed by atoms with van der Waals surface area (Å²) in [6.07, 6.45) is 0. The standard InChI is InChI=1S/C13H12N4OS/c1-9-7-11(18)14-12-15-13(16-17(9)12)19-8-10-5-3-2-4-6-10/h2-7H,8H2,1H3,(H,14,15,16,18). The highest BCUT2D eigenvalue weighted by Gasteiger charge is 2.08. The van der Waals surface area contributed by atoms with Gasteiger partial charge in [-0.15, -0.1) is 5.10 Å². The molecule has 3 aromatic rings. The predicted molar refractivity (Wildman–Crippen MR) is 73.2 cm³/mol. The lowest BCUT2D eigenvalue weighted by atomic mass is 10.2. The van der Waals surface area contributed by atoms with E-state index in [1.807, 2.05) is 25.1 Å². The number of benzene rings is 1. The number of fused-ring (bicyclic) bond motifs is 1. The van der Waals surface area contributed by atoms with Crippen molar-refractivity contribution in [1.29, 1.82) is 0 Å². The molecule has 5 nitrogen and oxygen atoms in total. The van der Waals surface area contributed by atoms with Gasteiger partial charge in [-0.05, 0) is 12.5 Å². The van der Waals surface area contributed by atoms with Crippen molar-refractivity contribution in [3.8, 4) is 5.88 Å². The van der Waals surface area contributed by atoms with Crippen molar-refractivity contribution in [1.82, 2.24) is 19.6 Å². The van der Waals surface area contributed by atoms with Crippen LogP contribution in [0.2, 0.25) is 0 Å². The molecule has 0 unspecified atom stereocenters. The normalized spacial score (nSPS) is 11.0. The lowest BCUT2D eigenvalue weighted by Gasteiger charge is -1.97. The number of hydrogen-bond acceptors (Lipinski definition) is 5. The molecule has 0 spiro atoms. The van der Waals surface area contributed by atoms with Gasteiger partial charge in [-0.3, -0.25) is 0 Å². The molecule has 2 heterocycles. The first kappa shape index (κ1) is 12.0. The van der Waals surface area contributed by atoms with E-state index in [0.717, 1.165) is 11.4 Å². The topological polar surface area (TPSA) is 63.3 Å². The summed E-state index contributed by atoms with van der Waals surface area (Å²) in [5.74, 6) is 1.20. The zero-order chi connectivity index (χ0) is 13.2. The molecule has 0 aliphatic heterocycles. The van der Waals surface area contributed by atoms with Crippen LogP contribution in [0.15, 0.2) is 41.6 Å². The molecule has 0 bridgehead atoms. The Labute approximate surface area is 114 Å². The fourth-order valence-electron chi connectivity index (χ4n) is 1.76. The van der Waals surface area contributed by atoms with Gasteiger partial charge in [0.1, 0.15) is 0 Å². The maximum atomic E-state index is 9.43. The van der Waals surface area contributed by atoms with Crippen molar-refractivity contribution >= 4 is 17.5 Å². The van der Waals surface area contributed by atoms with Crippen molar-refractivity contribution in [2.45, 2.75) is 17.8 Å². The van der Waals surface area contributed by atoms with Gasteiger partial charge in [0, 0.05) is 17.5 Å². The Kier molecular flexibility index (Phi) is 3.08. The highest BCUT2D eigenvalue weighted by molar-refractivity contribution is 7.98. The molecular weight excluding hydrogens is 260 g/mol. The summed E-state index contributed by atoms with van der Waals surface area (Å²) in [6.45, 7) is 1.86. The summed E-state index contributed by atoms with van der Waals surface area (Å²) in [6, 6.07) is 11.7. The summed E-state index contributed by atoms with van der Waals surface area (Å²) in [5, 5.41) is 14.5. The molecular formula is C13H12N4OS. The predicted octanol–water partition coefficient (Wildman–Crippen LogP) is 2.43. The molecule has 6 heteroatoms. The second-order valence-corrected chi connectivity index (χ2v) is 5.08. The quantitative estimate of drug-likeness (QED) is 0.742. The maximum Gasteiger partial charge on any atom is 0.256 e. The molecule has 0 amide bonds. The van der Waals surface area contributed by atoms with E-state index < -0.39 is 0 Å². The third kappa shape index (κ3) is 2.53. The SMILES string of the molecule is Cc1cc(O)nc2nc(SCc3ccccc3)nn12. The number of aryl methyl sites for hydroxylation is 1. The Bertz CT molecular complexity index is 711. The molecule has 0 atom stereocenters.